The number of hydrogen-bond donors (Lipinski definition) is 0. The minimum atomic E-state index is -0.288. The molecule has 1 aliphatic rings. The Balaban J connectivity index is 1.38. The average molecular weight is 444 g/mol. The molecule has 0 amide bonds. The zero-order chi connectivity index (χ0) is 21.1. The molecule has 0 spiro atoms. The van der Waals surface area contributed by atoms with Crippen LogP contribution in [-0.4, -0.2) is 41.5 Å². The van der Waals surface area contributed by atoms with Crippen LogP contribution in [0.5, 0.6) is 5.75 Å². The minimum absolute atomic E-state index is 0.288. The lowest BCUT2D eigenvalue weighted by molar-refractivity contribution is -0.131. The van der Waals surface area contributed by atoms with Gasteiger partial charge in [0.2, 0.25) is 0 Å². The van der Waals surface area contributed by atoms with Crippen LogP contribution in [0.4, 0.5) is 5.13 Å². The molecule has 0 saturated carbocycles. The minimum Gasteiger partial charge on any atom is -0.427 e. The Morgan fingerprint density at radius 2 is 2.07 bits per heavy atom. The van der Waals surface area contributed by atoms with E-state index in [4.69, 9.17) is 21.3 Å². The SMILES string of the molecule is CCN(Cc1cccc(OC(C)=O)c1)C1CCN(c2nc3ccc(Cl)cc3s2)CC1. The van der Waals surface area contributed by atoms with Gasteiger partial charge >= 0.3 is 5.97 Å². The van der Waals surface area contributed by atoms with E-state index in [9.17, 15) is 4.79 Å². The van der Waals surface area contributed by atoms with Crippen molar-refractivity contribution in [3.05, 3.63) is 53.1 Å². The lowest BCUT2D eigenvalue weighted by atomic mass is 10.0. The van der Waals surface area contributed by atoms with Crippen molar-refractivity contribution in [2.75, 3.05) is 24.5 Å². The van der Waals surface area contributed by atoms with Crippen LogP contribution in [0.25, 0.3) is 10.2 Å². The summed E-state index contributed by atoms with van der Waals surface area (Å²) >= 11 is 7.84. The summed E-state index contributed by atoms with van der Waals surface area (Å²) in [6.45, 7) is 7.49. The largest absolute Gasteiger partial charge is 0.427 e. The van der Waals surface area contributed by atoms with Crippen molar-refractivity contribution < 1.29 is 9.53 Å². The number of esters is 1. The smallest absolute Gasteiger partial charge is 0.308 e. The first-order valence-corrected chi connectivity index (χ1v) is 11.5. The summed E-state index contributed by atoms with van der Waals surface area (Å²) in [6, 6.07) is 14.2. The highest BCUT2D eigenvalue weighted by molar-refractivity contribution is 7.22. The summed E-state index contributed by atoms with van der Waals surface area (Å²) in [4.78, 5) is 20.9. The Bertz CT molecular complexity index is 1030. The third-order valence-electron chi connectivity index (χ3n) is 5.54. The lowest BCUT2D eigenvalue weighted by Gasteiger charge is -2.38. The molecule has 1 saturated heterocycles. The van der Waals surface area contributed by atoms with E-state index < -0.39 is 0 Å². The van der Waals surface area contributed by atoms with Crippen molar-refractivity contribution in [1.82, 2.24) is 9.88 Å². The maximum Gasteiger partial charge on any atom is 0.308 e. The number of carbonyl (C=O) groups excluding carboxylic acids is 1. The molecule has 0 atom stereocenters. The number of thiazole rings is 1. The van der Waals surface area contributed by atoms with Crippen LogP contribution in [0, 0.1) is 0 Å². The normalized spacial score (nSPS) is 15.1. The molecule has 0 radical (unpaired) electrons. The second-order valence-corrected chi connectivity index (χ2v) is 9.08. The number of rotatable bonds is 6. The van der Waals surface area contributed by atoms with Gasteiger partial charge in [0.1, 0.15) is 5.75 Å². The highest BCUT2D eigenvalue weighted by atomic mass is 35.5. The van der Waals surface area contributed by atoms with Gasteiger partial charge in [-0.2, -0.15) is 0 Å². The van der Waals surface area contributed by atoms with Crippen molar-refractivity contribution in [2.45, 2.75) is 39.3 Å². The van der Waals surface area contributed by atoms with Crippen molar-refractivity contribution in [2.24, 2.45) is 0 Å². The summed E-state index contributed by atoms with van der Waals surface area (Å²) in [5.41, 5.74) is 2.19. The van der Waals surface area contributed by atoms with Gasteiger partial charge in [-0.1, -0.05) is 42.0 Å². The van der Waals surface area contributed by atoms with E-state index in [-0.39, 0.29) is 5.97 Å². The second-order valence-electron chi connectivity index (χ2n) is 7.63. The second kappa shape index (κ2) is 9.33. The first-order valence-electron chi connectivity index (χ1n) is 10.3. The third-order valence-corrected chi connectivity index (χ3v) is 6.86. The Morgan fingerprint density at radius 1 is 1.27 bits per heavy atom. The van der Waals surface area contributed by atoms with Crippen molar-refractivity contribution >= 4 is 44.3 Å². The summed E-state index contributed by atoms with van der Waals surface area (Å²) in [5.74, 6) is 0.325. The molecule has 0 N–H and O–H groups in total. The highest BCUT2D eigenvalue weighted by Crippen LogP contribution is 2.33. The van der Waals surface area contributed by atoms with Gasteiger partial charge < -0.3 is 9.64 Å². The molecule has 5 nitrogen and oxygen atoms in total. The molecule has 7 heteroatoms. The van der Waals surface area contributed by atoms with Gasteiger partial charge in [0.15, 0.2) is 5.13 Å². The summed E-state index contributed by atoms with van der Waals surface area (Å²) in [5, 5.41) is 1.84. The molecule has 30 heavy (non-hydrogen) atoms. The predicted molar refractivity (Wildman–Crippen MR) is 124 cm³/mol. The average Bonchev–Trinajstić information content (AvgIpc) is 3.15. The van der Waals surface area contributed by atoms with Crippen LogP contribution in [0.3, 0.4) is 0 Å². The zero-order valence-electron chi connectivity index (χ0n) is 17.3. The fraction of sp³-hybridized carbons (Fsp3) is 0.391. The van der Waals surface area contributed by atoms with Crippen molar-refractivity contribution in [3.63, 3.8) is 0 Å². The molecule has 4 rings (SSSR count). The Kier molecular flexibility index (Phi) is 6.56. The molecule has 3 aromatic rings. The van der Waals surface area contributed by atoms with Gasteiger partial charge in [0.25, 0.3) is 0 Å². The molecule has 1 aromatic heterocycles. The number of nitrogens with zero attached hydrogens (tertiary/aromatic N) is 3. The molecular weight excluding hydrogens is 418 g/mol. The van der Waals surface area contributed by atoms with Crippen LogP contribution in [-0.2, 0) is 11.3 Å². The predicted octanol–water partition coefficient (Wildman–Crippen LogP) is 5.37. The molecule has 1 aliphatic heterocycles. The lowest BCUT2D eigenvalue weighted by Crippen LogP contribution is -2.44. The molecule has 1 fully saturated rings. The van der Waals surface area contributed by atoms with Crippen molar-refractivity contribution in [3.8, 4) is 5.75 Å². The molecule has 0 bridgehead atoms. The molecule has 2 aromatic carbocycles. The fourth-order valence-electron chi connectivity index (χ4n) is 4.05. The van der Waals surface area contributed by atoms with Crippen LogP contribution >= 0.6 is 22.9 Å². The maximum absolute atomic E-state index is 11.2. The quantitative estimate of drug-likeness (QED) is 0.378. The Labute approximate surface area is 186 Å². The number of halogens is 1. The Morgan fingerprint density at radius 3 is 2.80 bits per heavy atom. The van der Waals surface area contributed by atoms with Gasteiger partial charge in [0.05, 0.1) is 10.2 Å². The van der Waals surface area contributed by atoms with E-state index in [2.05, 4.69) is 22.8 Å². The topological polar surface area (TPSA) is 45.7 Å². The summed E-state index contributed by atoms with van der Waals surface area (Å²) < 4.78 is 6.37. The van der Waals surface area contributed by atoms with E-state index in [0.717, 1.165) is 59.4 Å². The first kappa shape index (κ1) is 21.1. The van der Waals surface area contributed by atoms with Gasteiger partial charge in [-0.15, -0.1) is 0 Å². The van der Waals surface area contributed by atoms with Gasteiger partial charge in [-0.3, -0.25) is 9.69 Å². The maximum atomic E-state index is 11.2. The van der Waals surface area contributed by atoms with E-state index in [1.165, 1.54) is 12.5 Å². The van der Waals surface area contributed by atoms with Crippen LogP contribution < -0.4 is 9.64 Å². The van der Waals surface area contributed by atoms with E-state index in [0.29, 0.717) is 11.8 Å². The zero-order valence-corrected chi connectivity index (χ0v) is 18.9. The first-order chi connectivity index (χ1) is 14.5. The fourth-order valence-corrected chi connectivity index (χ4v) is 5.34. The monoisotopic (exact) mass is 443 g/mol. The molecule has 0 unspecified atom stereocenters. The van der Waals surface area contributed by atoms with Crippen LogP contribution in [0.15, 0.2) is 42.5 Å². The highest BCUT2D eigenvalue weighted by Gasteiger charge is 2.25. The van der Waals surface area contributed by atoms with E-state index in [1.807, 2.05) is 36.4 Å². The van der Waals surface area contributed by atoms with E-state index in [1.54, 1.807) is 11.3 Å². The number of fused-ring (bicyclic) bond motifs is 1. The number of piperidine rings is 1. The third kappa shape index (κ3) is 4.94. The standard InChI is InChI=1S/C23H26ClN3O2S/c1-3-26(15-17-5-4-6-20(13-17)29-16(2)28)19-9-11-27(12-10-19)23-25-21-8-7-18(24)14-22(21)30-23/h4-8,13-14,19H,3,9-12,15H2,1-2H3. The van der Waals surface area contributed by atoms with Gasteiger partial charge in [-0.25, -0.2) is 4.98 Å². The summed E-state index contributed by atoms with van der Waals surface area (Å²) in [7, 11) is 0. The number of hydrogen-bond acceptors (Lipinski definition) is 6. The number of carbonyl (C=O) groups is 1. The molecule has 2 heterocycles. The molecule has 158 valence electrons. The number of aromatic nitrogens is 1. The number of anilines is 1. The molecule has 0 aliphatic carbocycles. The van der Waals surface area contributed by atoms with Gasteiger partial charge in [0, 0.05) is 37.6 Å². The van der Waals surface area contributed by atoms with Crippen molar-refractivity contribution in [1.29, 1.82) is 0 Å². The van der Waals surface area contributed by atoms with Gasteiger partial charge in [-0.05, 0) is 55.3 Å². The molecular formula is C23H26ClN3O2S. The number of ether oxygens (including phenoxy) is 1. The van der Waals surface area contributed by atoms with Crippen LogP contribution in [0.2, 0.25) is 5.02 Å². The Hall–Kier alpha value is -2.15. The van der Waals surface area contributed by atoms with Crippen LogP contribution in [0.1, 0.15) is 32.3 Å². The van der Waals surface area contributed by atoms with E-state index >= 15 is 0 Å². The number of benzene rings is 2. The summed E-state index contributed by atoms with van der Waals surface area (Å²) in [6.07, 6.45) is 2.21.